The Morgan fingerprint density at radius 1 is 1.20 bits per heavy atom. The number of nitrogens with one attached hydrogen (secondary N) is 2. The van der Waals surface area contributed by atoms with Crippen LogP contribution in [0.15, 0.2) is 24.3 Å². The molecular weight excluding hydrogens is 260 g/mol. The number of anilines is 1. The fraction of sp³-hybridized carbons (Fsp3) is 0.357. The largest absolute Gasteiger partial charge is 0.480 e. The van der Waals surface area contributed by atoms with Crippen molar-refractivity contribution in [2.45, 2.75) is 32.7 Å². The van der Waals surface area contributed by atoms with Gasteiger partial charge in [0.1, 0.15) is 6.04 Å². The second-order valence-electron chi connectivity index (χ2n) is 4.41. The number of carbonyl (C=O) groups is 3. The number of amides is 2. The zero-order chi connectivity index (χ0) is 15.1. The second kappa shape index (κ2) is 7.28. The first kappa shape index (κ1) is 15.7. The Hall–Kier alpha value is -2.37. The zero-order valence-electron chi connectivity index (χ0n) is 11.5. The number of carbonyl (C=O) groups excluding carboxylic acids is 2. The Morgan fingerprint density at radius 2 is 1.80 bits per heavy atom. The van der Waals surface area contributed by atoms with Crippen LogP contribution in [0.3, 0.4) is 0 Å². The molecule has 0 spiro atoms. The van der Waals surface area contributed by atoms with E-state index in [1.54, 1.807) is 12.1 Å². The molecule has 1 rings (SSSR count). The molecule has 0 aliphatic heterocycles. The molecule has 1 aromatic carbocycles. The lowest BCUT2D eigenvalue weighted by atomic mass is 10.1. The van der Waals surface area contributed by atoms with Crippen LogP contribution in [0.1, 0.15) is 37.0 Å². The SMILES string of the molecule is CCC[C@H](NC(=O)c1ccc(NC(C)=O)cc1)C(=O)O. The van der Waals surface area contributed by atoms with Crippen LogP contribution >= 0.6 is 0 Å². The minimum atomic E-state index is -1.05. The topological polar surface area (TPSA) is 95.5 Å². The molecule has 0 radical (unpaired) electrons. The van der Waals surface area contributed by atoms with Crippen LogP contribution in [0.5, 0.6) is 0 Å². The zero-order valence-corrected chi connectivity index (χ0v) is 11.5. The van der Waals surface area contributed by atoms with Gasteiger partial charge >= 0.3 is 5.97 Å². The summed E-state index contributed by atoms with van der Waals surface area (Å²) in [5.74, 6) is -1.69. The molecule has 0 fully saturated rings. The minimum Gasteiger partial charge on any atom is -0.480 e. The lowest BCUT2D eigenvalue weighted by molar-refractivity contribution is -0.139. The highest BCUT2D eigenvalue weighted by molar-refractivity contribution is 5.97. The number of hydrogen-bond acceptors (Lipinski definition) is 3. The van der Waals surface area contributed by atoms with Gasteiger partial charge in [-0.1, -0.05) is 13.3 Å². The van der Waals surface area contributed by atoms with Crippen molar-refractivity contribution in [1.82, 2.24) is 5.32 Å². The molecule has 108 valence electrons. The quantitative estimate of drug-likeness (QED) is 0.737. The number of aliphatic carboxylic acids is 1. The van der Waals surface area contributed by atoms with Gasteiger partial charge in [0.05, 0.1) is 0 Å². The van der Waals surface area contributed by atoms with Crippen molar-refractivity contribution in [1.29, 1.82) is 0 Å². The summed E-state index contributed by atoms with van der Waals surface area (Å²) in [6.07, 6.45) is 1.05. The van der Waals surface area contributed by atoms with Crippen molar-refractivity contribution in [3.05, 3.63) is 29.8 Å². The van der Waals surface area contributed by atoms with Gasteiger partial charge in [-0.25, -0.2) is 4.79 Å². The van der Waals surface area contributed by atoms with E-state index in [0.717, 1.165) is 0 Å². The first-order valence-corrected chi connectivity index (χ1v) is 6.35. The van der Waals surface area contributed by atoms with Gasteiger partial charge in [0.25, 0.3) is 5.91 Å². The van der Waals surface area contributed by atoms with Gasteiger partial charge in [-0.3, -0.25) is 9.59 Å². The molecule has 20 heavy (non-hydrogen) atoms. The lowest BCUT2D eigenvalue weighted by Crippen LogP contribution is -2.40. The Morgan fingerprint density at radius 3 is 2.25 bits per heavy atom. The normalized spacial score (nSPS) is 11.5. The number of carboxylic acids is 1. The third kappa shape index (κ3) is 4.72. The van der Waals surface area contributed by atoms with E-state index in [4.69, 9.17) is 5.11 Å². The molecule has 0 aromatic heterocycles. The van der Waals surface area contributed by atoms with Crippen molar-refractivity contribution >= 4 is 23.5 Å². The molecule has 6 nitrogen and oxygen atoms in total. The molecule has 0 unspecified atom stereocenters. The van der Waals surface area contributed by atoms with Crippen LogP contribution < -0.4 is 10.6 Å². The van der Waals surface area contributed by atoms with Crippen molar-refractivity contribution in [3.63, 3.8) is 0 Å². The highest BCUT2D eigenvalue weighted by Gasteiger charge is 2.19. The lowest BCUT2D eigenvalue weighted by Gasteiger charge is -2.13. The highest BCUT2D eigenvalue weighted by atomic mass is 16.4. The smallest absolute Gasteiger partial charge is 0.326 e. The number of carboxylic acid groups (broad SMARTS) is 1. The third-order valence-electron chi connectivity index (χ3n) is 2.65. The summed E-state index contributed by atoms with van der Waals surface area (Å²) in [7, 11) is 0. The number of hydrogen-bond donors (Lipinski definition) is 3. The minimum absolute atomic E-state index is 0.198. The van der Waals surface area contributed by atoms with Crippen LogP contribution in [-0.4, -0.2) is 28.9 Å². The van der Waals surface area contributed by atoms with Crippen molar-refractivity contribution < 1.29 is 19.5 Å². The molecule has 0 aliphatic rings. The van der Waals surface area contributed by atoms with Crippen LogP contribution in [0.4, 0.5) is 5.69 Å². The molecule has 0 saturated heterocycles. The van der Waals surface area contributed by atoms with Crippen molar-refractivity contribution in [2.24, 2.45) is 0 Å². The van der Waals surface area contributed by atoms with Crippen LogP contribution in [0.25, 0.3) is 0 Å². The van der Waals surface area contributed by atoms with Gasteiger partial charge in [-0.05, 0) is 30.7 Å². The van der Waals surface area contributed by atoms with Gasteiger partial charge < -0.3 is 15.7 Å². The van der Waals surface area contributed by atoms with E-state index in [0.29, 0.717) is 24.1 Å². The van der Waals surface area contributed by atoms with E-state index in [-0.39, 0.29) is 5.91 Å². The van der Waals surface area contributed by atoms with Gasteiger partial charge in [-0.15, -0.1) is 0 Å². The molecular formula is C14H18N2O4. The molecule has 0 saturated carbocycles. The Kier molecular flexibility index (Phi) is 5.71. The monoisotopic (exact) mass is 278 g/mol. The number of rotatable bonds is 6. The maximum Gasteiger partial charge on any atom is 0.326 e. The molecule has 1 aromatic rings. The summed E-state index contributed by atoms with van der Waals surface area (Å²) in [6.45, 7) is 3.24. The average molecular weight is 278 g/mol. The Bertz CT molecular complexity index is 496. The van der Waals surface area contributed by atoms with E-state index < -0.39 is 17.9 Å². The first-order chi connectivity index (χ1) is 9.43. The first-order valence-electron chi connectivity index (χ1n) is 6.35. The molecule has 6 heteroatoms. The summed E-state index contributed by atoms with van der Waals surface area (Å²) in [6, 6.07) is 5.36. The van der Waals surface area contributed by atoms with Gasteiger partial charge in [0.15, 0.2) is 0 Å². The standard InChI is InChI=1S/C14H18N2O4/c1-3-4-12(14(19)20)16-13(18)10-5-7-11(8-6-10)15-9(2)17/h5-8,12H,3-4H2,1-2H3,(H,15,17)(H,16,18)(H,19,20)/t12-/m0/s1. The highest BCUT2D eigenvalue weighted by Crippen LogP contribution is 2.10. The molecule has 0 heterocycles. The third-order valence-corrected chi connectivity index (χ3v) is 2.65. The number of benzene rings is 1. The fourth-order valence-electron chi connectivity index (χ4n) is 1.70. The summed E-state index contributed by atoms with van der Waals surface area (Å²) >= 11 is 0. The Balaban J connectivity index is 2.71. The van der Waals surface area contributed by atoms with Crippen LogP contribution in [0.2, 0.25) is 0 Å². The summed E-state index contributed by atoms with van der Waals surface area (Å²) in [4.78, 5) is 33.7. The van der Waals surface area contributed by atoms with E-state index in [2.05, 4.69) is 10.6 Å². The van der Waals surface area contributed by atoms with E-state index in [1.807, 2.05) is 6.92 Å². The van der Waals surface area contributed by atoms with Crippen LogP contribution in [-0.2, 0) is 9.59 Å². The molecule has 3 N–H and O–H groups in total. The molecule has 0 aliphatic carbocycles. The van der Waals surface area contributed by atoms with Crippen molar-refractivity contribution in [3.8, 4) is 0 Å². The van der Waals surface area contributed by atoms with Crippen LogP contribution in [0, 0.1) is 0 Å². The predicted octanol–water partition coefficient (Wildman–Crippen LogP) is 1.63. The molecule has 2 amide bonds. The summed E-state index contributed by atoms with van der Waals surface area (Å²) in [5, 5.41) is 14.0. The second-order valence-corrected chi connectivity index (χ2v) is 4.41. The summed E-state index contributed by atoms with van der Waals surface area (Å²) in [5.41, 5.74) is 0.929. The van der Waals surface area contributed by atoms with Gasteiger partial charge in [0.2, 0.25) is 5.91 Å². The van der Waals surface area contributed by atoms with Gasteiger partial charge in [0, 0.05) is 18.2 Å². The summed E-state index contributed by atoms with van der Waals surface area (Å²) < 4.78 is 0. The predicted molar refractivity (Wildman–Crippen MR) is 74.5 cm³/mol. The van der Waals surface area contributed by atoms with Crippen molar-refractivity contribution in [2.75, 3.05) is 5.32 Å². The fourth-order valence-corrected chi connectivity index (χ4v) is 1.70. The van der Waals surface area contributed by atoms with E-state index in [9.17, 15) is 14.4 Å². The maximum absolute atomic E-state index is 11.9. The Labute approximate surface area is 117 Å². The maximum atomic E-state index is 11.9. The van der Waals surface area contributed by atoms with Gasteiger partial charge in [-0.2, -0.15) is 0 Å². The molecule has 0 bridgehead atoms. The van der Waals surface area contributed by atoms with E-state index in [1.165, 1.54) is 19.1 Å². The molecule has 1 atom stereocenters. The average Bonchev–Trinajstić information content (AvgIpc) is 2.38. The van der Waals surface area contributed by atoms with E-state index >= 15 is 0 Å².